The molecule has 0 radical (unpaired) electrons. The van der Waals surface area contributed by atoms with Crippen LogP contribution in [0.1, 0.15) is 12.1 Å². The summed E-state index contributed by atoms with van der Waals surface area (Å²) in [6.07, 6.45) is 6.18. The van der Waals surface area contributed by atoms with Crippen molar-refractivity contribution < 1.29 is 9.47 Å². The van der Waals surface area contributed by atoms with Crippen LogP contribution in [0.15, 0.2) is 35.3 Å². The zero-order valence-corrected chi connectivity index (χ0v) is 13.3. The summed E-state index contributed by atoms with van der Waals surface area (Å²) in [6.45, 7) is 0.994. The maximum Gasteiger partial charge on any atom is 0.328 e. The van der Waals surface area contributed by atoms with E-state index in [1.54, 1.807) is 12.3 Å². The summed E-state index contributed by atoms with van der Waals surface area (Å²) in [5, 5.41) is 0. The first kappa shape index (κ1) is 15.2. The maximum absolute atomic E-state index is 12.4. The number of imidazole rings is 1. The van der Waals surface area contributed by atoms with Crippen LogP contribution >= 0.6 is 0 Å². The van der Waals surface area contributed by atoms with Gasteiger partial charge in [-0.3, -0.25) is 9.55 Å². The van der Waals surface area contributed by atoms with Crippen molar-refractivity contribution in [1.82, 2.24) is 24.5 Å². The first-order chi connectivity index (χ1) is 12.2. The molecule has 0 atom stereocenters. The van der Waals surface area contributed by atoms with Crippen molar-refractivity contribution in [2.24, 2.45) is 0 Å². The van der Waals surface area contributed by atoms with Crippen LogP contribution in [0, 0.1) is 0 Å². The van der Waals surface area contributed by atoms with Gasteiger partial charge in [-0.05, 0) is 18.6 Å². The van der Waals surface area contributed by atoms with Crippen LogP contribution in [0.3, 0.4) is 0 Å². The second kappa shape index (κ2) is 6.27. The molecule has 0 saturated heterocycles. The van der Waals surface area contributed by atoms with Crippen molar-refractivity contribution in [3.8, 4) is 11.8 Å². The first-order valence-corrected chi connectivity index (χ1v) is 7.83. The third-order valence-corrected chi connectivity index (χ3v) is 3.80. The predicted octanol–water partition coefficient (Wildman–Crippen LogP) is 0.863. The molecule has 2 bridgehead atoms. The molecule has 0 fully saturated rings. The lowest BCUT2D eigenvalue weighted by molar-refractivity contribution is 0.299. The summed E-state index contributed by atoms with van der Waals surface area (Å²) < 4.78 is 12.7. The molecule has 0 unspecified atom stereocenters. The number of nitrogens with two attached hydrogens (primary N) is 1. The van der Waals surface area contributed by atoms with Gasteiger partial charge in [-0.1, -0.05) is 12.2 Å². The lowest BCUT2D eigenvalue weighted by Gasteiger charge is -2.11. The van der Waals surface area contributed by atoms with E-state index in [4.69, 9.17) is 15.2 Å². The molecule has 25 heavy (non-hydrogen) atoms. The number of hydrogen-bond donors (Lipinski definition) is 2. The number of aromatic nitrogens is 5. The number of nitrogen functional groups attached to an aromatic ring is 1. The molecule has 1 aliphatic rings. The molecule has 0 saturated carbocycles. The summed E-state index contributed by atoms with van der Waals surface area (Å²) >= 11 is 0. The number of nitrogens with one attached hydrogen (secondary N) is 1. The molecule has 9 nitrogen and oxygen atoms in total. The summed E-state index contributed by atoms with van der Waals surface area (Å²) in [5.74, 6) is 0.778. The Labute approximate surface area is 142 Å². The molecule has 3 aromatic rings. The Hall–Kier alpha value is -3.36. The Kier molecular flexibility index (Phi) is 3.81. The second-order valence-electron chi connectivity index (χ2n) is 5.47. The van der Waals surface area contributed by atoms with E-state index in [0.717, 1.165) is 0 Å². The highest BCUT2D eigenvalue weighted by atomic mass is 16.5. The molecule has 0 aliphatic carbocycles. The number of anilines is 1. The quantitative estimate of drug-likeness (QED) is 0.582. The van der Waals surface area contributed by atoms with Gasteiger partial charge in [0.1, 0.15) is 23.6 Å². The maximum atomic E-state index is 12.4. The Morgan fingerprint density at radius 1 is 1.24 bits per heavy atom. The van der Waals surface area contributed by atoms with Crippen molar-refractivity contribution in [2.75, 3.05) is 18.9 Å². The van der Waals surface area contributed by atoms with Gasteiger partial charge in [0.25, 0.3) is 0 Å². The standard InChI is InChI=1S/C16H16N6O3/c17-13-12-14-21-15(20-13)25-8-3-1-2-7-24-11-5-4-6-18-10(11)9-22(14)16(23)19-12/h1-2,4-6H,3,7-9H2,(H,19,23)(H2,17,20,21). The summed E-state index contributed by atoms with van der Waals surface area (Å²) in [4.78, 5) is 27.8. The molecule has 3 aromatic heterocycles. The minimum Gasteiger partial charge on any atom is -0.488 e. The number of hydrogen-bond acceptors (Lipinski definition) is 7. The SMILES string of the molecule is Nc1nc2nc3c1[nH]c(=O)n3Cc1ncccc1OCC=CCCO2. The van der Waals surface area contributed by atoms with E-state index in [2.05, 4.69) is 19.9 Å². The largest absolute Gasteiger partial charge is 0.488 e. The Morgan fingerprint density at radius 3 is 3.08 bits per heavy atom. The van der Waals surface area contributed by atoms with Gasteiger partial charge in [0.05, 0.1) is 13.2 Å². The monoisotopic (exact) mass is 340 g/mol. The van der Waals surface area contributed by atoms with E-state index < -0.39 is 0 Å². The number of H-pyrrole nitrogens is 1. The minimum atomic E-state index is -0.350. The van der Waals surface area contributed by atoms with E-state index in [0.29, 0.717) is 42.2 Å². The van der Waals surface area contributed by atoms with Crippen LogP contribution in [0.5, 0.6) is 11.8 Å². The van der Waals surface area contributed by atoms with Gasteiger partial charge >= 0.3 is 11.7 Å². The fraction of sp³-hybridized carbons (Fsp3) is 0.250. The average molecular weight is 340 g/mol. The molecular formula is C16H16N6O3. The van der Waals surface area contributed by atoms with Crippen molar-refractivity contribution in [3.05, 3.63) is 46.7 Å². The van der Waals surface area contributed by atoms with Gasteiger partial charge in [0, 0.05) is 6.20 Å². The zero-order chi connectivity index (χ0) is 17.2. The first-order valence-electron chi connectivity index (χ1n) is 7.83. The Balaban J connectivity index is 1.88. The van der Waals surface area contributed by atoms with E-state index in [-0.39, 0.29) is 24.1 Å². The Morgan fingerprint density at radius 2 is 2.16 bits per heavy atom. The molecule has 3 N–H and O–H groups in total. The number of rotatable bonds is 0. The summed E-state index contributed by atoms with van der Waals surface area (Å²) in [6, 6.07) is 3.75. The number of nitrogens with zero attached hydrogens (tertiary/aromatic N) is 4. The van der Waals surface area contributed by atoms with Crippen LogP contribution in [-0.4, -0.2) is 37.7 Å². The molecule has 1 aliphatic heterocycles. The van der Waals surface area contributed by atoms with Gasteiger partial charge in [0.2, 0.25) is 0 Å². The molecular weight excluding hydrogens is 324 g/mol. The highest BCUT2D eigenvalue weighted by Gasteiger charge is 2.17. The van der Waals surface area contributed by atoms with Crippen LogP contribution < -0.4 is 20.9 Å². The predicted molar refractivity (Wildman–Crippen MR) is 90.6 cm³/mol. The second-order valence-corrected chi connectivity index (χ2v) is 5.47. The van der Waals surface area contributed by atoms with Crippen LogP contribution in [0.4, 0.5) is 5.82 Å². The third-order valence-electron chi connectivity index (χ3n) is 3.80. The molecule has 128 valence electrons. The van der Waals surface area contributed by atoms with Crippen molar-refractivity contribution in [3.63, 3.8) is 0 Å². The molecule has 0 aromatic carbocycles. The fourth-order valence-electron chi connectivity index (χ4n) is 2.61. The molecule has 4 heterocycles. The molecule has 9 heteroatoms. The van der Waals surface area contributed by atoms with Gasteiger partial charge in [-0.2, -0.15) is 9.97 Å². The number of ether oxygens (including phenoxy) is 2. The van der Waals surface area contributed by atoms with Crippen molar-refractivity contribution in [2.45, 2.75) is 13.0 Å². The number of aromatic amines is 1. The van der Waals surface area contributed by atoms with Crippen LogP contribution in [0.2, 0.25) is 0 Å². The van der Waals surface area contributed by atoms with Gasteiger partial charge < -0.3 is 20.2 Å². The summed E-state index contributed by atoms with van der Waals surface area (Å²) in [5.41, 5.74) is 6.96. The number of pyridine rings is 1. The zero-order valence-electron chi connectivity index (χ0n) is 13.3. The van der Waals surface area contributed by atoms with E-state index in [1.807, 2.05) is 18.2 Å². The highest BCUT2D eigenvalue weighted by molar-refractivity contribution is 5.81. The van der Waals surface area contributed by atoms with E-state index >= 15 is 0 Å². The lowest BCUT2D eigenvalue weighted by atomic mass is 10.3. The normalized spacial score (nSPS) is 14.6. The van der Waals surface area contributed by atoms with Gasteiger partial charge in [0.15, 0.2) is 11.5 Å². The lowest BCUT2D eigenvalue weighted by Crippen LogP contribution is -2.19. The van der Waals surface area contributed by atoms with E-state index in [9.17, 15) is 4.79 Å². The molecule has 4 rings (SSSR count). The van der Waals surface area contributed by atoms with Gasteiger partial charge in [-0.25, -0.2) is 4.79 Å². The summed E-state index contributed by atoms with van der Waals surface area (Å²) in [7, 11) is 0. The van der Waals surface area contributed by atoms with Crippen molar-refractivity contribution in [1.29, 1.82) is 0 Å². The third kappa shape index (κ3) is 2.91. The topological polar surface area (TPSA) is 121 Å². The smallest absolute Gasteiger partial charge is 0.328 e. The van der Waals surface area contributed by atoms with Gasteiger partial charge in [-0.15, -0.1) is 0 Å². The van der Waals surface area contributed by atoms with Crippen LogP contribution in [-0.2, 0) is 6.54 Å². The van der Waals surface area contributed by atoms with Crippen LogP contribution in [0.25, 0.3) is 11.2 Å². The van der Waals surface area contributed by atoms with E-state index in [1.165, 1.54) is 4.57 Å². The van der Waals surface area contributed by atoms with Crippen molar-refractivity contribution >= 4 is 17.0 Å². The molecule has 0 amide bonds. The molecule has 0 spiro atoms. The fourth-order valence-corrected chi connectivity index (χ4v) is 2.61. The Bertz CT molecular complexity index is 1010. The average Bonchev–Trinajstić information content (AvgIpc) is 2.92. The minimum absolute atomic E-state index is 0.140. The number of fused-ring (bicyclic) bond motifs is 2. The highest BCUT2D eigenvalue weighted by Crippen LogP contribution is 2.21.